The van der Waals surface area contributed by atoms with Crippen molar-refractivity contribution in [2.75, 3.05) is 38.2 Å². The van der Waals surface area contributed by atoms with Gasteiger partial charge in [0.05, 0.1) is 12.8 Å². The van der Waals surface area contributed by atoms with Crippen molar-refractivity contribution in [1.82, 2.24) is 4.90 Å². The summed E-state index contributed by atoms with van der Waals surface area (Å²) in [6.45, 7) is 3.32. The Morgan fingerprint density at radius 2 is 1.92 bits per heavy atom. The highest BCUT2D eigenvalue weighted by Gasteiger charge is 2.46. The number of rotatable bonds is 4. The summed E-state index contributed by atoms with van der Waals surface area (Å²) in [5, 5.41) is 2.10. The zero-order valence-electron chi connectivity index (χ0n) is 13.9. The lowest BCUT2D eigenvalue weighted by Gasteiger charge is -2.36. The molecule has 1 aliphatic carbocycles. The van der Waals surface area contributed by atoms with Gasteiger partial charge in [-0.3, -0.25) is 4.79 Å². The molecular formula is C19H22N2O2S. The number of nitrogens with zero attached hydrogens (tertiary/aromatic N) is 2. The predicted molar refractivity (Wildman–Crippen MR) is 97.0 cm³/mol. The van der Waals surface area contributed by atoms with Gasteiger partial charge < -0.3 is 14.5 Å². The molecule has 5 heteroatoms. The molecule has 0 N–H and O–H groups in total. The van der Waals surface area contributed by atoms with Gasteiger partial charge in [0.15, 0.2) is 0 Å². The number of ether oxygens (including phenoxy) is 1. The number of benzene rings is 1. The summed E-state index contributed by atoms with van der Waals surface area (Å²) in [5.74, 6) is 1.91. The van der Waals surface area contributed by atoms with Crippen LogP contribution in [-0.2, 0) is 4.79 Å². The molecule has 2 heterocycles. The summed E-state index contributed by atoms with van der Waals surface area (Å²) in [7, 11) is 1.70. The summed E-state index contributed by atoms with van der Waals surface area (Å²) in [6.07, 6.45) is 1.02. The zero-order chi connectivity index (χ0) is 16.5. The lowest BCUT2D eigenvalue weighted by molar-refractivity contribution is -0.132. The summed E-state index contributed by atoms with van der Waals surface area (Å²) < 4.78 is 5.46. The van der Waals surface area contributed by atoms with E-state index >= 15 is 0 Å². The number of carbonyl (C=O) groups is 1. The maximum absolute atomic E-state index is 12.7. The van der Waals surface area contributed by atoms with Crippen LogP contribution in [0.5, 0.6) is 5.75 Å². The van der Waals surface area contributed by atoms with Crippen LogP contribution in [0.2, 0.25) is 0 Å². The minimum atomic E-state index is 0.210. The molecule has 1 amide bonds. The van der Waals surface area contributed by atoms with E-state index < -0.39 is 0 Å². The molecule has 2 unspecified atom stereocenters. The van der Waals surface area contributed by atoms with Crippen molar-refractivity contribution in [2.45, 2.75) is 12.3 Å². The van der Waals surface area contributed by atoms with E-state index in [0.29, 0.717) is 11.8 Å². The summed E-state index contributed by atoms with van der Waals surface area (Å²) in [5.41, 5.74) is 1.12. The van der Waals surface area contributed by atoms with Crippen LogP contribution in [0.3, 0.4) is 0 Å². The van der Waals surface area contributed by atoms with Crippen molar-refractivity contribution < 1.29 is 9.53 Å². The van der Waals surface area contributed by atoms with E-state index in [-0.39, 0.29) is 5.92 Å². The van der Waals surface area contributed by atoms with Gasteiger partial charge >= 0.3 is 0 Å². The predicted octanol–water partition coefficient (Wildman–Crippen LogP) is 3.21. The molecule has 4 nitrogen and oxygen atoms in total. The van der Waals surface area contributed by atoms with Gasteiger partial charge in [-0.2, -0.15) is 0 Å². The third kappa shape index (κ3) is 2.88. The number of hydrogen-bond acceptors (Lipinski definition) is 4. The monoisotopic (exact) mass is 342 g/mol. The van der Waals surface area contributed by atoms with E-state index in [1.54, 1.807) is 18.4 Å². The van der Waals surface area contributed by atoms with Crippen LogP contribution in [0.25, 0.3) is 0 Å². The maximum atomic E-state index is 12.7. The molecule has 0 spiro atoms. The van der Waals surface area contributed by atoms with Gasteiger partial charge in [0, 0.05) is 42.9 Å². The van der Waals surface area contributed by atoms with Crippen molar-refractivity contribution in [3.63, 3.8) is 0 Å². The highest BCUT2D eigenvalue weighted by atomic mass is 32.1. The molecule has 1 aromatic carbocycles. The molecule has 1 saturated heterocycles. The molecule has 1 aromatic heterocycles. The second kappa shape index (κ2) is 6.48. The first-order chi connectivity index (χ1) is 11.8. The Bertz CT molecular complexity index is 708. The molecule has 2 aliphatic rings. The zero-order valence-corrected chi connectivity index (χ0v) is 14.7. The molecule has 24 heavy (non-hydrogen) atoms. The Kier molecular flexibility index (Phi) is 4.19. The number of carbonyl (C=O) groups excluding carboxylic acids is 1. The van der Waals surface area contributed by atoms with Crippen LogP contribution >= 0.6 is 11.3 Å². The number of para-hydroxylation sites is 2. The van der Waals surface area contributed by atoms with Crippen molar-refractivity contribution in [2.24, 2.45) is 5.92 Å². The van der Waals surface area contributed by atoms with Gasteiger partial charge in [0.1, 0.15) is 5.75 Å². The SMILES string of the molecule is COc1ccccc1N1CCN(C(=O)C2CC2c2cccs2)CC1. The molecule has 0 bridgehead atoms. The van der Waals surface area contributed by atoms with Crippen LogP contribution in [-0.4, -0.2) is 44.1 Å². The number of anilines is 1. The fourth-order valence-electron chi connectivity index (χ4n) is 3.58. The van der Waals surface area contributed by atoms with E-state index in [0.717, 1.165) is 44.0 Å². The van der Waals surface area contributed by atoms with E-state index in [9.17, 15) is 4.79 Å². The van der Waals surface area contributed by atoms with Crippen LogP contribution in [0.4, 0.5) is 5.69 Å². The average molecular weight is 342 g/mol. The molecule has 2 fully saturated rings. The Hall–Kier alpha value is -2.01. The van der Waals surface area contributed by atoms with Crippen LogP contribution < -0.4 is 9.64 Å². The molecular weight excluding hydrogens is 320 g/mol. The molecule has 1 saturated carbocycles. The first kappa shape index (κ1) is 15.5. The third-order valence-corrected chi connectivity index (χ3v) is 6.04. The second-order valence-corrected chi connectivity index (χ2v) is 7.43. The number of methoxy groups -OCH3 is 1. The van der Waals surface area contributed by atoms with Gasteiger partial charge in [-0.25, -0.2) is 0 Å². The van der Waals surface area contributed by atoms with E-state index in [1.165, 1.54) is 4.88 Å². The normalized spacial score (nSPS) is 23.2. The topological polar surface area (TPSA) is 32.8 Å². The molecule has 1 aliphatic heterocycles. The maximum Gasteiger partial charge on any atom is 0.226 e. The Balaban J connectivity index is 1.36. The molecule has 2 atom stereocenters. The van der Waals surface area contributed by atoms with Crippen LogP contribution in [0.15, 0.2) is 41.8 Å². The highest BCUT2D eigenvalue weighted by molar-refractivity contribution is 7.10. The van der Waals surface area contributed by atoms with Crippen molar-refractivity contribution in [1.29, 1.82) is 0 Å². The fraction of sp³-hybridized carbons (Fsp3) is 0.421. The minimum absolute atomic E-state index is 0.210. The number of hydrogen-bond donors (Lipinski definition) is 0. The minimum Gasteiger partial charge on any atom is -0.495 e. The van der Waals surface area contributed by atoms with Gasteiger partial charge in [-0.15, -0.1) is 11.3 Å². The lowest BCUT2D eigenvalue weighted by Crippen LogP contribution is -2.49. The largest absolute Gasteiger partial charge is 0.495 e. The average Bonchev–Trinajstić information content (AvgIpc) is 3.25. The standard InChI is InChI=1S/C19H22N2O2S/c1-23-17-6-3-2-5-16(17)20-8-10-21(11-9-20)19(22)15-13-14(15)18-7-4-12-24-18/h2-7,12,14-15H,8-11,13H2,1H3. The van der Waals surface area contributed by atoms with Crippen molar-refractivity contribution >= 4 is 22.9 Å². The Morgan fingerprint density at radius 3 is 2.62 bits per heavy atom. The van der Waals surface area contributed by atoms with Gasteiger partial charge in [-0.05, 0) is 30.0 Å². The van der Waals surface area contributed by atoms with Gasteiger partial charge in [-0.1, -0.05) is 18.2 Å². The van der Waals surface area contributed by atoms with Gasteiger partial charge in [0.2, 0.25) is 5.91 Å². The highest BCUT2D eigenvalue weighted by Crippen LogP contribution is 2.50. The molecule has 0 radical (unpaired) electrons. The summed E-state index contributed by atoms with van der Waals surface area (Å²) in [6, 6.07) is 12.3. The third-order valence-electron chi connectivity index (χ3n) is 5.03. The lowest BCUT2D eigenvalue weighted by atomic mass is 10.2. The smallest absolute Gasteiger partial charge is 0.226 e. The first-order valence-corrected chi connectivity index (χ1v) is 9.36. The van der Waals surface area contributed by atoms with Gasteiger partial charge in [0.25, 0.3) is 0 Å². The van der Waals surface area contributed by atoms with Crippen LogP contribution in [0.1, 0.15) is 17.2 Å². The van der Waals surface area contributed by atoms with Crippen molar-refractivity contribution in [3.05, 3.63) is 46.7 Å². The summed E-state index contributed by atoms with van der Waals surface area (Å²) in [4.78, 5) is 18.4. The number of piperazine rings is 1. The Morgan fingerprint density at radius 1 is 1.12 bits per heavy atom. The second-order valence-electron chi connectivity index (χ2n) is 6.45. The summed E-state index contributed by atoms with van der Waals surface area (Å²) >= 11 is 1.77. The van der Waals surface area contributed by atoms with E-state index in [1.807, 2.05) is 23.1 Å². The van der Waals surface area contributed by atoms with E-state index in [2.05, 4.69) is 28.5 Å². The number of thiophene rings is 1. The molecule has 2 aromatic rings. The van der Waals surface area contributed by atoms with Crippen LogP contribution in [0, 0.1) is 5.92 Å². The van der Waals surface area contributed by atoms with Crippen molar-refractivity contribution in [3.8, 4) is 5.75 Å². The Labute approximate surface area is 146 Å². The van der Waals surface area contributed by atoms with E-state index in [4.69, 9.17) is 4.74 Å². The molecule has 126 valence electrons. The number of amides is 1. The first-order valence-electron chi connectivity index (χ1n) is 8.48. The molecule has 4 rings (SSSR count). The quantitative estimate of drug-likeness (QED) is 0.855. The fourth-order valence-corrected chi connectivity index (χ4v) is 4.48.